The summed E-state index contributed by atoms with van der Waals surface area (Å²) >= 11 is 6.01. The molecule has 0 spiro atoms. The van der Waals surface area contributed by atoms with Crippen LogP contribution in [0.2, 0.25) is 5.02 Å². The van der Waals surface area contributed by atoms with Gasteiger partial charge >= 0.3 is 0 Å². The van der Waals surface area contributed by atoms with Gasteiger partial charge < -0.3 is 4.74 Å². The van der Waals surface area contributed by atoms with Crippen LogP contribution >= 0.6 is 11.6 Å². The van der Waals surface area contributed by atoms with E-state index in [1.165, 1.54) is 6.21 Å². The molecule has 0 aliphatic carbocycles. The molecule has 0 bridgehead atoms. The Bertz CT molecular complexity index is 647. The van der Waals surface area contributed by atoms with Crippen molar-refractivity contribution >= 4 is 29.8 Å². The number of rotatable bonds is 2. The van der Waals surface area contributed by atoms with Crippen molar-refractivity contribution in [3.8, 4) is 5.75 Å². The Labute approximate surface area is 115 Å². The minimum Gasteiger partial charge on any atom is -0.495 e. The van der Waals surface area contributed by atoms with Gasteiger partial charge in [0, 0.05) is 18.2 Å². The monoisotopic (exact) mass is 274 g/mol. The third-order valence-corrected chi connectivity index (χ3v) is 3.54. The van der Waals surface area contributed by atoms with Crippen LogP contribution in [0.1, 0.15) is 18.0 Å². The molecule has 1 aromatic carbocycles. The Morgan fingerprint density at radius 2 is 2.26 bits per heavy atom. The maximum Gasteiger partial charge on any atom is 0.201 e. The number of dihydropyridines is 1. The topological polar surface area (TPSA) is 51.0 Å². The SMILES string of the molecule is COc1cc(C2N=CC(=O)C3=C2N=CC3)ccc1Cl. The van der Waals surface area contributed by atoms with Gasteiger partial charge in [-0.05, 0) is 17.7 Å². The molecule has 0 saturated heterocycles. The van der Waals surface area contributed by atoms with Crippen LogP contribution in [0.15, 0.2) is 39.5 Å². The van der Waals surface area contributed by atoms with E-state index in [1.54, 1.807) is 19.4 Å². The molecule has 96 valence electrons. The highest BCUT2D eigenvalue weighted by molar-refractivity contribution is 6.37. The lowest BCUT2D eigenvalue weighted by Crippen LogP contribution is -2.14. The molecule has 0 amide bonds. The van der Waals surface area contributed by atoms with Gasteiger partial charge in [0.05, 0.1) is 24.0 Å². The maximum atomic E-state index is 11.7. The van der Waals surface area contributed by atoms with E-state index in [-0.39, 0.29) is 11.8 Å². The van der Waals surface area contributed by atoms with E-state index in [4.69, 9.17) is 16.3 Å². The van der Waals surface area contributed by atoms with E-state index < -0.39 is 0 Å². The van der Waals surface area contributed by atoms with Crippen molar-refractivity contribution in [1.82, 2.24) is 0 Å². The van der Waals surface area contributed by atoms with E-state index in [1.807, 2.05) is 12.1 Å². The largest absolute Gasteiger partial charge is 0.495 e. The molecule has 3 rings (SSSR count). The minimum atomic E-state index is -0.252. The average molecular weight is 275 g/mol. The summed E-state index contributed by atoms with van der Waals surface area (Å²) in [5.74, 6) is 0.542. The highest BCUT2D eigenvalue weighted by atomic mass is 35.5. The standard InChI is InChI=1S/C14H11ClN2O2/c1-19-12-6-8(2-3-10(12)15)13-14-9(4-5-16-14)11(18)7-17-13/h2-3,5-7,13H,4H2,1H3. The first-order valence-electron chi connectivity index (χ1n) is 5.87. The number of aliphatic imine (C=N–C) groups is 2. The van der Waals surface area contributed by atoms with Gasteiger partial charge in [0.2, 0.25) is 5.78 Å². The van der Waals surface area contributed by atoms with Crippen LogP contribution in [0.5, 0.6) is 5.75 Å². The Balaban J connectivity index is 2.05. The van der Waals surface area contributed by atoms with E-state index in [2.05, 4.69) is 9.98 Å². The van der Waals surface area contributed by atoms with Gasteiger partial charge in [-0.1, -0.05) is 17.7 Å². The summed E-state index contributed by atoms with van der Waals surface area (Å²) in [4.78, 5) is 20.3. The zero-order valence-corrected chi connectivity index (χ0v) is 11.0. The zero-order valence-electron chi connectivity index (χ0n) is 10.3. The lowest BCUT2D eigenvalue weighted by molar-refractivity contribution is -0.109. The first-order chi connectivity index (χ1) is 9.20. The third kappa shape index (κ3) is 1.98. The average Bonchev–Trinajstić information content (AvgIpc) is 2.90. The van der Waals surface area contributed by atoms with Gasteiger partial charge in [0.15, 0.2) is 0 Å². The quantitative estimate of drug-likeness (QED) is 0.833. The Morgan fingerprint density at radius 1 is 1.42 bits per heavy atom. The summed E-state index contributed by atoms with van der Waals surface area (Å²) in [6.45, 7) is 0. The van der Waals surface area contributed by atoms with Crippen molar-refractivity contribution in [3.05, 3.63) is 40.1 Å². The molecule has 1 aromatic rings. The van der Waals surface area contributed by atoms with Gasteiger partial charge in [-0.2, -0.15) is 0 Å². The number of allylic oxidation sites excluding steroid dienone is 1. The predicted octanol–water partition coefficient (Wildman–Crippen LogP) is 2.77. The molecule has 0 aromatic heterocycles. The summed E-state index contributed by atoms with van der Waals surface area (Å²) in [5, 5.41) is 0.547. The number of halogens is 1. The number of carbonyl (C=O) groups excluding carboxylic acids is 1. The maximum absolute atomic E-state index is 11.7. The lowest BCUT2D eigenvalue weighted by atomic mass is 9.96. The van der Waals surface area contributed by atoms with E-state index in [0.717, 1.165) is 16.8 Å². The second-order valence-electron chi connectivity index (χ2n) is 4.32. The molecule has 1 atom stereocenters. The van der Waals surface area contributed by atoms with Gasteiger partial charge in [0.1, 0.15) is 11.8 Å². The van der Waals surface area contributed by atoms with Crippen LogP contribution in [0.3, 0.4) is 0 Å². The molecule has 1 unspecified atom stereocenters. The van der Waals surface area contributed by atoms with Gasteiger partial charge in [-0.3, -0.25) is 14.8 Å². The number of nitrogens with zero attached hydrogens (tertiary/aromatic N) is 2. The smallest absolute Gasteiger partial charge is 0.201 e. The Morgan fingerprint density at radius 3 is 3.05 bits per heavy atom. The number of methoxy groups -OCH3 is 1. The molecule has 2 aliphatic rings. The van der Waals surface area contributed by atoms with E-state index in [0.29, 0.717) is 17.2 Å². The number of hydrogen-bond donors (Lipinski definition) is 0. The van der Waals surface area contributed by atoms with Gasteiger partial charge in [-0.25, -0.2) is 0 Å². The Kier molecular flexibility index (Phi) is 2.95. The van der Waals surface area contributed by atoms with E-state index in [9.17, 15) is 4.79 Å². The molecule has 0 saturated carbocycles. The molecule has 0 N–H and O–H groups in total. The number of ether oxygens (including phenoxy) is 1. The molecule has 5 heteroatoms. The van der Waals surface area contributed by atoms with Crippen LogP contribution in [-0.4, -0.2) is 25.3 Å². The van der Waals surface area contributed by atoms with Crippen molar-refractivity contribution in [3.63, 3.8) is 0 Å². The van der Waals surface area contributed by atoms with Gasteiger partial charge in [-0.15, -0.1) is 0 Å². The van der Waals surface area contributed by atoms with Crippen molar-refractivity contribution in [1.29, 1.82) is 0 Å². The molecule has 0 fully saturated rings. The van der Waals surface area contributed by atoms with Crippen LogP contribution in [0.4, 0.5) is 0 Å². The molecular formula is C14H11ClN2O2. The molecule has 4 nitrogen and oxygen atoms in total. The highest BCUT2D eigenvalue weighted by Crippen LogP contribution is 2.37. The summed E-state index contributed by atoms with van der Waals surface area (Å²) < 4.78 is 5.20. The van der Waals surface area contributed by atoms with Crippen molar-refractivity contribution in [2.24, 2.45) is 9.98 Å². The van der Waals surface area contributed by atoms with Crippen LogP contribution in [0, 0.1) is 0 Å². The zero-order chi connectivity index (χ0) is 13.4. The summed E-state index contributed by atoms with van der Waals surface area (Å²) in [6, 6.07) is 5.22. The number of Topliss-reactive ketones (excluding diaryl/α,β-unsaturated/α-hetero) is 1. The molecule has 2 heterocycles. The first kappa shape index (κ1) is 12.1. The summed E-state index contributed by atoms with van der Waals surface area (Å²) in [7, 11) is 1.57. The predicted molar refractivity (Wildman–Crippen MR) is 74.4 cm³/mol. The molecular weight excluding hydrogens is 264 g/mol. The fraction of sp³-hybridized carbons (Fsp3) is 0.214. The fourth-order valence-electron chi connectivity index (χ4n) is 2.26. The second-order valence-corrected chi connectivity index (χ2v) is 4.73. The number of carbonyl (C=O) groups is 1. The van der Waals surface area contributed by atoms with Crippen LogP contribution in [0.25, 0.3) is 0 Å². The van der Waals surface area contributed by atoms with Crippen LogP contribution < -0.4 is 4.74 Å². The van der Waals surface area contributed by atoms with Crippen molar-refractivity contribution < 1.29 is 9.53 Å². The number of ketones is 1. The normalized spacial score (nSPS) is 20.9. The summed E-state index contributed by atoms with van der Waals surface area (Å²) in [5.41, 5.74) is 2.38. The first-order valence-corrected chi connectivity index (χ1v) is 6.25. The molecule has 2 aliphatic heterocycles. The summed E-state index contributed by atoms with van der Waals surface area (Å²) in [6.07, 6.45) is 3.71. The highest BCUT2D eigenvalue weighted by Gasteiger charge is 2.28. The Hall–Kier alpha value is -1.94. The fourth-order valence-corrected chi connectivity index (χ4v) is 2.46. The number of benzene rings is 1. The minimum absolute atomic E-state index is 0.0512. The molecule has 0 radical (unpaired) electrons. The van der Waals surface area contributed by atoms with Crippen molar-refractivity contribution in [2.45, 2.75) is 12.5 Å². The van der Waals surface area contributed by atoms with E-state index >= 15 is 0 Å². The van der Waals surface area contributed by atoms with Crippen molar-refractivity contribution in [2.75, 3.05) is 7.11 Å². The second kappa shape index (κ2) is 4.63. The number of hydrogen-bond acceptors (Lipinski definition) is 4. The third-order valence-electron chi connectivity index (χ3n) is 3.22. The van der Waals surface area contributed by atoms with Gasteiger partial charge in [0.25, 0.3) is 0 Å². The lowest BCUT2D eigenvalue weighted by Gasteiger charge is -2.18. The van der Waals surface area contributed by atoms with Crippen LogP contribution in [-0.2, 0) is 4.79 Å². The molecule has 19 heavy (non-hydrogen) atoms.